The van der Waals surface area contributed by atoms with Gasteiger partial charge in [0.05, 0.1) is 13.2 Å². The fourth-order valence-corrected chi connectivity index (χ4v) is 12.9. The SMILES string of the molecule is CC1CCC[Si](C)(CCCOc2ccc(Cc3ccc(OCCC[Si]4(C)CCCC(C)O4)cc3)cc2)O1. The Hall–Kier alpha value is -1.61. The van der Waals surface area contributed by atoms with Gasteiger partial charge in [-0.15, -0.1) is 0 Å². The van der Waals surface area contributed by atoms with E-state index < -0.39 is 16.6 Å². The van der Waals surface area contributed by atoms with Crippen molar-refractivity contribution in [2.75, 3.05) is 13.2 Å². The van der Waals surface area contributed by atoms with Gasteiger partial charge in [0, 0.05) is 12.2 Å². The summed E-state index contributed by atoms with van der Waals surface area (Å²) in [6.07, 6.45) is 9.08. The standard InChI is InChI=1S/C31H48O4Si2/c1-26-9-5-21-36(3,34-26)23-7-19-32-30-15-11-28(12-16-30)25-29-13-17-31(18-14-29)33-20-8-24-37(4)22-6-10-27(2)35-37/h11-18,26-27H,5-10,19-25H2,1-4H3. The van der Waals surface area contributed by atoms with Crippen molar-refractivity contribution < 1.29 is 18.3 Å². The molecule has 4 atom stereocenters. The first-order valence-electron chi connectivity index (χ1n) is 14.6. The van der Waals surface area contributed by atoms with Crippen LogP contribution in [-0.2, 0) is 15.3 Å². The molecule has 2 aliphatic rings. The van der Waals surface area contributed by atoms with E-state index in [2.05, 4.69) is 75.5 Å². The van der Waals surface area contributed by atoms with Gasteiger partial charge in [-0.25, -0.2) is 0 Å². The van der Waals surface area contributed by atoms with Crippen LogP contribution < -0.4 is 9.47 Å². The number of ether oxygens (including phenoxy) is 2. The third kappa shape index (κ3) is 9.27. The van der Waals surface area contributed by atoms with Crippen LogP contribution in [0.5, 0.6) is 11.5 Å². The van der Waals surface area contributed by atoms with Gasteiger partial charge >= 0.3 is 0 Å². The predicted octanol–water partition coefficient (Wildman–Crippen LogP) is 8.36. The molecular weight excluding hydrogens is 493 g/mol. The molecule has 6 heteroatoms. The molecule has 0 bridgehead atoms. The maximum Gasteiger partial charge on any atom is 0.190 e. The molecule has 2 aromatic carbocycles. The zero-order chi connectivity index (χ0) is 26.1. The van der Waals surface area contributed by atoms with Crippen LogP contribution in [0, 0.1) is 0 Å². The highest BCUT2D eigenvalue weighted by Gasteiger charge is 2.34. The van der Waals surface area contributed by atoms with Crippen LogP contribution in [0.4, 0.5) is 0 Å². The lowest BCUT2D eigenvalue weighted by atomic mass is 10.0. The second kappa shape index (κ2) is 13.5. The van der Waals surface area contributed by atoms with Crippen LogP contribution in [-0.4, -0.2) is 42.1 Å². The second-order valence-corrected chi connectivity index (χ2v) is 20.2. The van der Waals surface area contributed by atoms with E-state index in [9.17, 15) is 0 Å². The molecule has 4 nitrogen and oxygen atoms in total. The molecule has 4 rings (SSSR count). The first kappa shape index (κ1) is 28.4. The van der Waals surface area contributed by atoms with E-state index in [1.54, 1.807) is 0 Å². The van der Waals surface area contributed by atoms with Gasteiger partial charge in [0.2, 0.25) is 0 Å². The molecule has 0 N–H and O–H groups in total. The fraction of sp³-hybridized carbons (Fsp3) is 0.613. The van der Waals surface area contributed by atoms with E-state index >= 15 is 0 Å². The van der Waals surface area contributed by atoms with Crippen LogP contribution in [0.25, 0.3) is 0 Å². The van der Waals surface area contributed by atoms with Crippen LogP contribution >= 0.6 is 0 Å². The van der Waals surface area contributed by atoms with Crippen LogP contribution in [0.15, 0.2) is 48.5 Å². The van der Waals surface area contributed by atoms with Crippen LogP contribution in [0.3, 0.4) is 0 Å². The summed E-state index contributed by atoms with van der Waals surface area (Å²) in [5.41, 5.74) is 2.59. The van der Waals surface area contributed by atoms with Crippen molar-refractivity contribution in [3.05, 3.63) is 59.7 Å². The highest BCUT2D eigenvalue weighted by atomic mass is 28.4. The minimum atomic E-state index is -1.51. The van der Waals surface area contributed by atoms with Gasteiger partial charge in [0.1, 0.15) is 11.5 Å². The van der Waals surface area contributed by atoms with Gasteiger partial charge in [-0.1, -0.05) is 37.1 Å². The highest BCUT2D eigenvalue weighted by molar-refractivity contribution is 6.73. The number of benzene rings is 2. The van der Waals surface area contributed by atoms with Crippen molar-refractivity contribution >= 4 is 16.6 Å². The van der Waals surface area contributed by atoms with E-state index in [1.165, 1.54) is 61.0 Å². The van der Waals surface area contributed by atoms with Crippen molar-refractivity contribution in [1.82, 2.24) is 0 Å². The second-order valence-electron chi connectivity index (χ2n) is 11.9. The van der Waals surface area contributed by atoms with E-state index in [4.69, 9.17) is 18.3 Å². The molecule has 0 aliphatic carbocycles. The van der Waals surface area contributed by atoms with E-state index in [-0.39, 0.29) is 0 Å². The average molecular weight is 541 g/mol. The zero-order valence-electron chi connectivity index (χ0n) is 23.6. The topological polar surface area (TPSA) is 36.9 Å². The Morgan fingerprint density at radius 2 is 1.08 bits per heavy atom. The molecule has 2 heterocycles. The Morgan fingerprint density at radius 1 is 0.676 bits per heavy atom. The lowest BCUT2D eigenvalue weighted by Gasteiger charge is -2.35. The number of hydrogen-bond acceptors (Lipinski definition) is 4. The number of hydrogen-bond donors (Lipinski definition) is 0. The Morgan fingerprint density at radius 3 is 1.46 bits per heavy atom. The van der Waals surface area contributed by atoms with Gasteiger partial charge in [-0.2, -0.15) is 0 Å². The largest absolute Gasteiger partial charge is 0.494 e. The Balaban J connectivity index is 1.13. The predicted molar refractivity (Wildman–Crippen MR) is 158 cm³/mol. The summed E-state index contributed by atoms with van der Waals surface area (Å²) in [5.74, 6) is 1.92. The maximum atomic E-state index is 6.33. The van der Waals surface area contributed by atoms with Gasteiger partial charge in [-0.3, -0.25) is 0 Å². The summed E-state index contributed by atoms with van der Waals surface area (Å²) in [5, 5.41) is 0. The summed E-state index contributed by atoms with van der Waals surface area (Å²) >= 11 is 0. The normalized spacial score (nSPS) is 28.1. The van der Waals surface area contributed by atoms with Crippen molar-refractivity contribution in [3.63, 3.8) is 0 Å². The molecule has 2 saturated heterocycles. The van der Waals surface area contributed by atoms with E-state index in [0.717, 1.165) is 44.0 Å². The van der Waals surface area contributed by atoms with Crippen LogP contribution in [0.2, 0.25) is 37.3 Å². The lowest BCUT2D eigenvalue weighted by Crippen LogP contribution is -2.41. The van der Waals surface area contributed by atoms with E-state index in [0.29, 0.717) is 12.2 Å². The first-order chi connectivity index (χ1) is 17.8. The molecule has 0 saturated carbocycles. The van der Waals surface area contributed by atoms with Gasteiger partial charge in [0.25, 0.3) is 0 Å². The Bertz CT molecular complexity index is 873. The smallest absolute Gasteiger partial charge is 0.190 e. The summed E-state index contributed by atoms with van der Waals surface area (Å²) in [7, 11) is -3.02. The van der Waals surface area contributed by atoms with Gasteiger partial charge in [-0.05, 0) is 119 Å². The quantitative estimate of drug-likeness (QED) is 0.200. The summed E-state index contributed by atoms with van der Waals surface area (Å²) in [6.45, 7) is 10.8. The molecule has 2 aliphatic heterocycles. The summed E-state index contributed by atoms with van der Waals surface area (Å²) in [4.78, 5) is 0. The van der Waals surface area contributed by atoms with Crippen LogP contribution in [0.1, 0.15) is 63.5 Å². The molecule has 0 spiro atoms. The summed E-state index contributed by atoms with van der Waals surface area (Å²) in [6, 6.07) is 22.1. The van der Waals surface area contributed by atoms with E-state index in [1.807, 2.05) is 0 Å². The third-order valence-corrected chi connectivity index (χ3v) is 15.7. The zero-order valence-corrected chi connectivity index (χ0v) is 25.6. The molecule has 0 aromatic heterocycles. The summed E-state index contributed by atoms with van der Waals surface area (Å²) < 4.78 is 24.7. The number of rotatable bonds is 12. The molecule has 37 heavy (non-hydrogen) atoms. The van der Waals surface area contributed by atoms with Crippen molar-refractivity contribution in [3.8, 4) is 11.5 Å². The third-order valence-electron chi connectivity index (χ3n) is 8.10. The molecule has 4 unspecified atom stereocenters. The van der Waals surface area contributed by atoms with Crippen molar-refractivity contribution in [2.24, 2.45) is 0 Å². The minimum absolute atomic E-state index is 0.447. The Labute approximate surface area is 227 Å². The molecule has 2 aromatic rings. The van der Waals surface area contributed by atoms with Crippen molar-refractivity contribution in [1.29, 1.82) is 0 Å². The fourth-order valence-electron chi connectivity index (χ4n) is 6.02. The minimum Gasteiger partial charge on any atom is -0.494 e. The van der Waals surface area contributed by atoms with Gasteiger partial charge in [0.15, 0.2) is 16.6 Å². The maximum absolute atomic E-state index is 6.33. The monoisotopic (exact) mass is 540 g/mol. The molecule has 2 fully saturated rings. The molecule has 0 amide bonds. The van der Waals surface area contributed by atoms with Crippen molar-refractivity contribution in [2.45, 2.75) is 108 Å². The van der Waals surface area contributed by atoms with Gasteiger partial charge < -0.3 is 18.3 Å². The first-order valence-corrected chi connectivity index (χ1v) is 20.2. The molecular formula is C31H48O4Si2. The highest BCUT2D eigenvalue weighted by Crippen LogP contribution is 2.31. The lowest BCUT2D eigenvalue weighted by molar-refractivity contribution is 0.174. The average Bonchev–Trinajstić information content (AvgIpc) is 2.86. The molecule has 0 radical (unpaired) electrons. The molecule has 204 valence electrons. The Kier molecular flexibility index (Phi) is 10.3.